The van der Waals surface area contributed by atoms with Crippen LogP contribution >= 0.6 is 0 Å². The SMILES string of the molecule is Cc1nc(NCCNC(=O)Nc2cccc(OC(F)F)c2)cc(-n2cccn2)n1. The summed E-state index contributed by atoms with van der Waals surface area (Å²) in [4.78, 5) is 20.6. The van der Waals surface area contributed by atoms with E-state index < -0.39 is 12.6 Å². The number of rotatable bonds is 8. The van der Waals surface area contributed by atoms with E-state index in [2.05, 4.69) is 35.8 Å². The number of aryl methyl sites for hydroxylation is 1. The van der Waals surface area contributed by atoms with E-state index in [0.717, 1.165) is 0 Å². The number of carbonyl (C=O) groups is 1. The minimum absolute atomic E-state index is 0.0356. The average Bonchev–Trinajstić information content (AvgIpc) is 3.19. The normalized spacial score (nSPS) is 10.6. The maximum Gasteiger partial charge on any atom is 0.387 e. The lowest BCUT2D eigenvalue weighted by molar-refractivity contribution is -0.0497. The lowest BCUT2D eigenvalue weighted by Crippen LogP contribution is -2.32. The minimum Gasteiger partial charge on any atom is -0.435 e. The molecule has 29 heavy (non-hydrogen) atoms. The number of amides is 2. The van der Waals surface area contributed by atoms with Gasteiger partial charge in [0.1, 0.15) is 17.4 Å². The summed E-state index contributed by atoms with van der Waals surface area (Å²) >= 11 is 0. The van der Waals surface area contributed by atoms with E-state index in [-0.39, 0.29) is 5.75 Å². The number of alkyl halides is 2. The van der Waals surface area contributed by atoms with Crippen molar-refractivity contribution in [3.05, 3.63) is 54.6 Å². The number of hydrogen-bond donors (Lipinski definition) is 3. The second-order valence-corrected chi connectivity index (χ2v) is 5.82. The fraction of sp³-hybridized carbons (Fsp3) is 0.222. The van der Waals surface area contributed by atoms with Gasteiger partial charge >= 0.3 is 12.6 Å². The second-order valence-electron chi connectivity index (χ2n) is 5.82. The molecular weight excluding hydrogens is 384 g/mol. The number of hydrogen-bond acceptors (Lipinski definition) is 6. The highest BCUT2D eigenvalue weighted by Crippen LogP contribution is 2.19. The highest BCUT2D eigenvalue weighted by atomic mass is 19.3. The van der Waals surface area contributed by atoms with E-state index in [1.165, 1.54) is 18.2 Å². The van der Waals surface area contributed by atoms with Crippen molar-refractivity contribution in [3.63, 3.8) is 0 Å². The Hall–Kier alpha value is -3.76. The molecule has 152 valence electrons. The molecule has 0 saturated carbocycles. The molecule has 2 aromatic heterocycles. The lowest BCUT2D eigenvalue weighted by atomic mass is 10.3. The summed E-state index contributed by atoms with van der Waals surface area (Å²) in [5, 5.41) is 12.4. The Labute approximate surface area is 165 Å². The summed E-state index contributed by atoms with van der Waals surface area (Å²) < 4.78 is 30.4. The first-order chi connectivity index (χ1) is 14.0. The van der Waals surface area contributed by atoms with Crippen LogP contribution in [0.15, 0.2) is 48.8 Å². The van der Waals surface area contributed by atoms with Crippen LogP contribution in [0.2, 0.25) is 0 Å². The zero-order chi connectivity index (χ0) is 20.6. The maximum atomic E-state index is 12.2. The first kappa shape index (κ1) is 20.0. The van der Waals surface area contributed by atoms with Crippen molar-refractivity contribution in [2.45, 2.75) is 13.5 Å². The molecule has 0 atom stereocenters. The molecule has 0 aliphatic heterocycles. The molecule has 3 rings (SSSR count). The average molecular weight is 403 g/mol. The summed E-state index contributed by atoms with van der Waals surface area (Å²) in [5.74, 6) is 1.77. The van der Waals surface area contributed by atoms with Crippen molar-refractivity contribution in [2.75, 3.05) is 23.7 Å². The number of nitrogens with one attached hydrogen (secondary N) is 3. The number of benzene rings is 1. The molecule has 3 N–H and O–H groups in total. The standard InChI is InChI=1S/C18H19F2N7O2/c1-12-24-15(11-16(25-12)27-9-3-6-23-27)21-7-8-22-18(28)26-13-4-2-5-14(10-13)29-17(19)20/h2-6,9-11,17H,7-8H2,1H3,(H,21,24,25)(H2,22,26,28). The summed E-state index contributed by atoms with van der Waals surface area (Å²) in [5.41, 5.74) is 0.337. The van der Waals surface area contributed by atoms with Crippen molar-refractivity contribution in [3.8, 4) is 11.6 Å². The van der Waals surface area contributed by atoms with Crippen LogP contribution in [0.4, 0.5) is 25.1 Å². The molecule has 0 aliphatic carbocycles. The van der Waals surface area contributed by atoms with Gasteiger partial charge in [0.2, 0.25) is 0 Å². The number of anilines is 2. The Kier molecular flexibility index (Phi) is 6.51. The van der Waals surface area contributed by atoms with Gasteiger partial charge in [-0.25, -0.2) is 19.4 Å². The zero-order valence-electron chi connectivity index (χ0n) is 15.5. The van der Waals surface area contributed by atoms with Gasteiger partial charge in [-0.1, -0.05) is 6.07 Å². The van der Waals surface area contributed by atoms with Crippen molar-refractivity contribution in [1.82, 2.24) is 25.1 Å². The number of carbonyl (C=O) groups excluding carboxylic acids is 1. The van der Waals surface area contributed by atoms with Gasteiger partial charge in [0.15, 0.2) is 5.82 Å². The van der Waals surface area contributed by atoms with Gasteiger partial charge in [0.25, 0.3) is 0 Å². The van der Waals surface area contributed by atoms with Crippen LogP contribution in [0.1, 0.15) is 5.82 Å². The maximum absolute atomic E-state index is 12.2. The Morgan fingerprint density at radius 3 is 2.83 bits per heavy atom. The Morgan fingerprint density at radius 2 is 2.07 bits per heavy atom. The second kappa shape index (κ2) is 9.44. The summed E-state index contributed by atoms with van der Waals surface area (Å²) in [6.07, 6.45) is 3.43. The largest absolute Gasteiger partial charge is 0.435 e. The summed E-state index contributed by atoms with van der Waals surface area (Å²) in [6, 6.07) is 8.82. The predicted octanol–water partition coefficient (Wildman–Crippen LogP) is 2.81. The Bertz CT molecular complexity index is 951. The Balaban J connectivity index is 1.46. The first-order valence-corrected chi connectivity index (χ1v) is 8.69. The quantitative estimate of drug-likeness (QED) is 0.500. The van der Waals surface area contributed by atoms with E-state index in [9.17, 15) is 13.6 Å². The van der Waals surface area contributed by atoms with Crippen LogP contribution in [0.25, 0.3) is 5.82 Å². The van der Waals surface area contributed by atoms with E-state index >= 15 is 0 Å². The van der Waals surface area contributed by atoms with Gasteiger partial charge < -0.3 is 20.7 Å². The molecule has 0 saturated heterocycles. The fourth-order valence-corrected chi connectivity index (χ4v) is 2.46. The molecule has 0 fully saturated rings. The highest BCUT2D eigenvalue weighted by Gasteiger charge is 2.07. The van der Waals surface area contributed by atoms with Crippen molar-refractivity contribution < 1.29 is 18.3 Å². The fourth-order valence-electron chi connectivity index (χ4n) is 2.46. The van der Waals surface area contributed by atoms with Gasteiger partial charge in [-0.3, -0.25) is 0 Å². The monoisotopic (exact) mass is 403 g/mol. The van der Waals surface area contributed by atoms with Crippen LogP contribution in [0.3, 0.4) is 0 Å². The summed E-state index contributed by atoms with van der Waals surface area (Å²) in [6.45, 7) is -0.435. The molecule has 11 heteroatoms. The number of ether oxygens (including phenoxy) is 1. The molecule has 0 bridgehead atoms. The van der Waals surface area contributed by atoms with E-state index in [1.54, 1.807) is 42.2 Å². The number of urea groups is 1. The minimum atomic E-state index is -2.93. The molecular formula is C18H19F2N7O2. The molecule has 0 unspecified atom stereocenters. The topological polar surface area (TPSA) is 106 Å². The molecule has 0 radical (unpaired) electrons. The van der Waals surface area contributed by atoms with Gasteiger partial charge in [0, 0.05) is 43.3 Å². The van der Waals surface area contributed by atoms with Crippen molar-refractivity contribution >= 4 is 17.5 Å². The molecule has 2 heterocycles. The van der Waals surface area contributed by atoms with Crippen molar-refractivity contribution in [1.29, 1.82) is 0 Å². The third-order valence-corrected chi connectivity index (χ3v) is 3.60. The molecule has 3 aromatic rings. The molecule has 9 nitrogen and oxygen atoms in total. The van der Waals surface area contributed by atoms with Crippen LogP contribution in [-0.4, -0.2) is 45.5 Å². The van der Waals surface area contributed by atoms with E-state index in [1.807, 2.05) is 0 Å². The van der Waals surface area contributed by atoms with E-state index in [0.29, 0.717) is 36.2 Å². The third kappa shape index (κ3) is 6.13. The van der Waals surface area contributed by atoms with Gasteiger partial charge in [0.05, 0.1) is 0 Å². The molecule has 2 amide bonds. The molecule has 0 aliphatic rings. The number of nitrogens with zero attached hydrogens (tertiary/aromatic N) is 4. The van der Waals surface area contributed by atoms with Crippen LogP contribution in [-0.2, 0) is 0 Å². The summed E-state index contributed by atoms with van der Waals surface area (Å²) in [7, 11) is 0. The van der Waals surface area contributed by atoms with Crippen LogP contribution < -0.4 is 20.7 Å². The van der Waals surface area contributed by atoms with Gasteiger partial charge in [-0.2, -0.15) is 13.9 Å². The number of aromatic nitrogens is 4. The van der Waals surface area contributed by atoms with Crippen LogP contribution in [0, 0.1) is 6.92 Å². The molecule has 1 aromatic carbocycles. The zero-order valence-corrected chi connectivity index (χ0v) is 15.5. The van der Waals surface area contributed by atoms with E-state index in [4.69, 9.17) is 0 Å². The first-order valence-electron chi connectivity index (χ1n) is 8.69. The lowest BCUT2D eigenvalue weighted by Gasteiger charge is -2.11. The highest BCUT2D eigenvalue weighted by molar-refractivity contribution is 5.89. The van der Waals surface area contributed by atoms with Crippen molar-refractivity contribution in [2.24, 2.45) is 0 Å². The molecule has 0 spiro atoms. The van der Waals surface area contributed by atoms with Gasteiger partial charge in [-0.15, -0.1) is 0 Å². The van der Waals surface area contributed by atoms with Crippen LogP contribution in [0.5, 0.6) is 5.75 Å². The third-order valence-electron chi connectivity index (χ3n) is 3.60. The Morgan fingerprint density at radius 1 is 1.21 bits per heavy atom. The predicted molar refractivity (Wildman–Crippen MR) is 102 cm³/mol. The van der Waals surface area contributed by atoms with Gasteiger partial charge in [-0.05, 0) is 25.1 Å². The smallest absolute Gasteiger partial charge is 0.387 e. The number of halogens is 2.